The first-order valence-corrected chi connectivity index (χ1v) is 6.76. The largest absolute Gasteiger partial charge is 0.486 e. The summed E-state index contributed by atoms with van der Waals surface area (Å²) in [6, 6.07) is 3.81. The van der Waals surface area contributed by atoms with Gasteiger partial charge in [0.2, 0.25) is 0 Å². The van der Waals surface area contributed by atoms with Crippen LogP contribution in [0.3, 0.4) is 0 Å². The number of ether oxygens (including phenoxy) is 3. The summed E-state index contributed by atoms with van der Waals surface area (Å²) in [5.74, 6) is 0.737. The van der Waals surface area contributed by atoms with Crippen LogP contribution in [0.4, 0.5) is 0 Å². The minimum Gasteiger partial charge on any atom is -0.486 e. The van der Waals surface area contributed by atoms with Gasteiger partial charge in [0.15, 0.2) is 11.5 Å². The van der Waals surface area contributed by atoms with E-state index >= 15 is 0 Å². The summed E-state index contributed by atoms with van der Waals surface area (Å²) in [5, 5.41) is 6.77. The van der Waals surface area contributed by atoms with Crippen LogP contribution in [0.15, 0.2) is 12.1 Å². The van der Waals surface area contributed by atoms with Crippen LogP contribution in [-0.4, -0.2) is 45.9 Å². The maximum Gasteiger partial charge on any atom is 0.341 e. The lowest BCUT2D eigenvalue weighted by molar-refractivity contribution is 0.0590. The third kappa shape index (κ3) is 2.32. The Morgan fingerprint density at radius 2 is 2.05 bits per heavy atom. The second-order valence-corrected chi connectivity index (χ2v) is 4.76. The van der Waals surface area contributed by atoms with Gasteiger partial charge in [0.05, 0.1) is 7.11 Å². The number of hydrogen-bond acceptors (Lipinski definition) is 6. The summed E-state index contributed by atoms with van der Waals surface area (Å²) in [4.78, 5) is 11.8. The fourth-order valence-corrected chi connectivity index (χ4v) is 2.58. The third-order valence-corrected chi connectivity index (χ3v) is 3.54. The number of carbonyl (C=O) groups excluding carboxylic acids is 1. The first kappa shape index (κ1) is 13.2. The van der Waals surface area contributed by atoms with Gasteiger partial charge in [0.25, 0.3) is 0 Å². The zero-order valence-corrected chi connectivity index (χ0v) is 11.4. The van der Waals surface area contributed by atoms with E-state index in [-0.39, 0.29) is 6.04 Å². The fraction of sp³-hybridized carbons (Fsp3) is 0.500. The summed E-state index contributed by atoms with van der Waals surface area (Å²) in [7, 11) is 1.36. The molecule has 2 aliphatic rings. The van der Waals surface area contributed by atoms with E-state index in [2.05, 4.69) is 10.6 Å². The third-order valence-electron chi connectivity index (χ3n) is 3.54. The Bertz CT molecular complexity index is 512. The molecule has 0 aliphatic carbocycles. The fourth-order valence-electron chi connectivity index (χ4n) is 2.58. The molecule has 3 rings (SSSR count). The van der Waals surface area contributed by atoms with Crippen molar-refractivity contribution < 1.29 is 19.0 Å². The van der Waals surface area contributed by atoms with Crippen LogP contribution in [0.2, 0.25) is 0 Å². The second kappa shape index (κ2) is 5.68. The van der Waals surface area contributed by atoms with Gasteiger partial charge in [0.1, 0.15) is 18.8 Å². The van der Waals surface area contributed by atoms with E-state index < -0.39 is 5.97 Å². The van der Waals surface area contributed by atoms with Crippen molar-refractivity contribution in [3.63, 3.8) is 0 Å². The van der Waals surface area contributed by atoms with E-state index in [0.29, 0.717) is 30.3 Å². The van der Waals surface area contributed by atoms with Gasteiger partial charge >= 0.3 is 5.97 Å². The summed E-state index contributed by atoms with van der Waals surface area (Å²) in [6.07, 6.45) is 0. The van der Waals surface area contributed by atoms with Crippen molar-refractivity contribution in [2.24, 2.45) is 0 Å². The van der Waals surface area contributed by atoms with Gasteiger partial charge in [-0.1, -0.05) is 6.07 Å². The number of carbonyl (C=O) groups is 1. The van der Waals surface area contributed by atoms with Crippen molar-refractivity contribution in [2.45, 2.75) is 6.04 Å². The van der Waals surface area contributed by atoms with E-state index in [4.69, 9.17) is 14.2 Å². The molecule has 6 nitrogen and oxygen atoms in total. The van der Waals surface area contributed by atoms with Crippen molar-refractivity contribution in [3.05, 3.63) is 23.3 Å². The van der Waals surface area contributed by atoms with Gasteiger partial charge in [-0.15, -0.1) is 0 Å². The van der Waals surface area contributed by atoms with E-state index in [1.807, 2.05) is 6.07 Å². The molecule has 0 aromatic heterocycles. The molecule has 1 unspecified atom stereocenters. The summed E-state index contributed by atoms with van der Waals surface area (Å²) < 4.78 is 16.2. The lowest BCUT2D eigenvalue weighted by Crippen LogP contribution is -2.43. The van der Waals surface area contributed by atoms with Crippen LogP contribution < -0.4 is 20.1 Å². The van der Waals surface area contributed by atoms with E-state index in [0.717, 1.165) is 25.2 Å². The predicted molar refractivity (Wildman–Crippen MR) is 72.4 cm³/mol. The van der Waals surface area contributed by atoms with Crippen molar-refractivity contribution in [1.82, 2.24) is 10.6 Å². The number of rotatable bonds is 2. The molecule has 2 aliphatic heterocycles. The van der Waals surface area contributed by atoms with E-state index in [1.165, 1.54) is 7.11 Å². The molecule has 0 saturated carbocycles. The number of esters is 1. The van der Waals surface area contributed by atoms with E-state index in [9.17, 15) is 4.79 Å². The summed E-state index contributed by atoms with van der Waals surface area (Å²) in [6.45, 7) is 3.62. The molecular formula is C14H18N2O4. The van der Waals surface area contributed by atoms with Gasteiger partial charge in [-0.25, -0.2) is 4.79 Å². The lowest BCUT2D eigenvalue weighted by Gasteiger charge is -2.29. The predicted octanol–water partition coefficient (Wildman–Crippen LogP) is 0.478. The molecular weight excluding hydrogens is 260 g/mol. The molecule has 0 spiro atoms. The molecule has 108 valence electrons. The summed E-state index contributed by atoms with van der Waals surface area (Å²) >= 11 is 0. The molecule has 1 saturated heterocycles. The Hall–Kier alpha value is -1.79. The molecule has 2 N–H and O–H groups in total. The SMILES string of the molecule is COC(=O)c1ccc(C2CNCCN2)c2c1OCCO2. The molecule has 0 radical (unpaired) electrons. The van der Waals surface area contributed by atoms with Crippen molar-refractivity contribution in [3.8, 4) is 11.5 Å². The number of hydrogen-bond donors (Lipinski definition) is 2. The van der Waals surface area contributed by atoms with Gasteiger partial charge in [-0.3, -0.25) is 0 Å². The standard InChI is InChI=1S/C14H18N2O4/c1-18-14(17)10-3-2-9(11-8-15-4-5-16-11)12-13(10)20-7-6-19-12/h2-3,11,15-16H,4-8H2,1H3. The maximum absolute atomic E-state index is 11.8. The van der Waals surface area contributed by atoms with Crippen molar-refractivity contribution in [2.75, 3.05) is 40.0 Å². The highest BCUT2D eigenvalue weighted by molar-refractivity contribution is 5.94. The second-order valence-electron chi connectivity index (χ2n) is 4.76. The Morgan fingerprint density at radius 3 is 2.75 bits per heavy atom. The van der Waals surface area contributed by atoms with Gasteiger partial charge in [-0.05, 0) is 6.07 Å². The Morgan fingerprint density at radius 1 is 1.25 bits per heavy atom. The smallest absolute Gasteiger partial charge is 0.341 e. The Kier molecular flexibility index (Phi) is 3.75. The van der Waals surface area contributed by atoms with Crippen LogP contribution in [0.1, 0.15) is 22.0 Å². The number of benzene rings is 1. The molecule has 1 fully saturated rings. The highest BCUT2D eigenvalue weighted by atomic mass is 16.6. The molecule has 6 heteroatoms. The van der Waals surface area contributed by atoms with E-state index in [1.54, 1.807) is 6.07 Å². The van der Waals surface area contributed by atoms with Crippen LogP contribution >= 0.6 is 0 Å². The summed E-state index contributed by atoms with van der Waals surface area (Å²) in [5.41, 5.74) is 1.43. The van der Waals surface area contributed by atoms with Crippen molar-refractivity contribution >= 4 is 5.97 Å². The topological polar surface area (TPSA) is 68.8 Å². The number of nitrogens with one attached hydrogen (secondary N) is 2. The maximum atomic E-state index is 11.8. The number of fused-ring (bicyclic) bond motifs is 1. The van der Waals surface area contributed by atoms with Crippen LogP contribution in [0, 0.1) is 0 Å². The van der Waals surface area contributed by atoms with Crippen LogP contribution in [0.5, 0.6) is 11.5 Å². The van der Waals surface area contributed by atoms with Gasteiger partial charge < -0.3 is 24.8 Å². The van der Waals surface area contributed by atoms with Gasteiger partial charge in [-0.2, -0.15) is 0 Å². The minimum absolute atomic E-state index is 0.158. The van der Waals surface area contributed by atoms with Crippen LogP contribution in [0.25, 0.3) is 0 Å². The monoisotopic (exact) mass is 278 g/mol. The Balaban J connectivity index is 2.01. The molecule has 1 aromatic carbocycles. The van der Waals surface area contributed by atoms with Gasteiger partial charge in [0, 0.05) is 31.2 Å². The first-order valence-electron chi connectivity index (χ1n) is 6.76. The first-order chi connectivity index (χ1) is 9.81. The minimum atomic E-state index is -0.409. The normalized spacial score (nSPS) is 21.4. The number of piperazine rings is 1. The lowest BCUT2D eigenvalue weighted by atomic mass is 10.0. The molecule has 0 bridgehead atoms. The average Bonchev–Trinajstić information content (AvgIpc) is 2.54. The molecule has 2 heterocycles. The molecule has 1 aromatic rings. The zero-order valence-electron chi connectivity index (χ0n) is 11.4. The molecule has 1 atom stereocenters. The molecule has 20 heavy (non-hydrogen) atoms. The zero-order chi connectivity index (χ0) is 13.9. The Labute approximate surface area is 117 Å². The number of methoxy groups -OCH3 is 1. The van der Waals surface area contributed by atoms with Crippen LogP contribution in [-0.2, 0) is 4.74 Å². The average molecular weight is 278 g/mol. The highest BCUT2D eigenvalue weighted by Crippen LogP contribution is 2.40. The van der Waals surface area contributed by atoms with Crippen molar-refractivity contribution in [1.29, 1.82) is 0 Å². The highest BCUT2D eigenvalue weighted by Gasteiger charge is 2.28. The quantitative estimate of drug-likeness (QED) is 0.767. The molecule has 0 amide bonds.